The first-order valence-electron chi connectivity index (χ1n) is 5.66. The maximum atomic E-state index is 12.1. The molecule has 3 nitrogen and oxygen atoms in total. The molecule has 0 atom stereocenters. The van der Waals surface area contributed by atoms with Crippen molar-refractivity contribution in [1.82, 2.24) is 4.98 Å². The van der Waals surface area contributed by atoms with E-state index in [0.717, 1.165) is 20.8 Å². The van der Waals surface area contributed by atoms with Gasteiger partial charge in [0.05, 0.1) is 15.7 Å². The number of hydrogen-bond acceptors (Lipinski definition) is 4. The minimum Gasteiger partial charge on any atom is -0.322 e. The molecule has 0 fully saturated rings. The number of thiol groups is 1. The lowest BCUT2D eigenvalue weighted by atomic mass is 10.2. The third kappa shape index (κ3) is 2.62. The standard InChI is InChI=1S/C14H10N2OS2/c17-14(9-2-1-3-11(18)6-9)16-10-4-5-12-13(7-10)19-8-15-12/h1-8,18H,(H,16,17). The first-order valence-corrected chi connectivity index (χ1v) is 6.99. The van der Waals surface area contributed by atoms with Crippen LogP contribution in [0.15, 0.2) is 52.9 Å². The fourth-order valence-corrected chi connectivity index (χ4v) is 2.72. The zero-order valence-corrected chi connectivity index (χ0v) is 11.5. The number of fused-ring (bicyclic) bond motifs is 1. The summed E-state index contributed by atoms with van der Waals surface area (Å²) in [4.78, 5) is 17.1. The first kappa shape index (κ1) is 12.2. The Kier molecular flexibility index (Phi) is 3.23. The van der Waals surface area contributed by atoms with Gasteiger partial charge in [-0.25, -0.2) is 4.98 Å². The quantitative estimate of drug-likeness (QED) is 0.703. The minimum absolute atomic E-state index is 0.139. The van der Waals surface area contributed by atoms with Crippen LogP contribution in [0.25, 0.3) is 10.2 Å². The van der Waals surface area contributed by atoms with Crippen LogP contribution in [-0.2, 0) is 0 Å². The van der Waals surface area contributed by atoms with E-state index in [2.05, 4.69) is 22.9 Å². The van der Waals surface area contributed by atoms with Gasteiger partial charge in [-0.1, -0.05) is 6.07 Å². The molecule has 0 unspecified atom stereocenters. The lowest BCUT2D eigenvalue weighted by molar-refractivity contribution is 0.102. The molecule has 19 heavy (non-hydrogen) atoms. The predicted octanol–water partition coefficient (Wildman–Crippen LogP) is 3.84. The summed E-state index contributed by atoms with van der Waals surface area (Å²) in [7, 11) is 0. The zero-order valence-electron chi connectivity index (χ0n) is 9.83. The van der Waals surface area contributed by atoms with Gasteiger partial charge in [0.15, 0.2) is 0 Å². The normalized spacial score (nSPS) is 10.6. The summed E-state index contributed by atoms with van der Waals surface area (Å²) in [6, 6.07) is 12.8. The molecular weight excluding hydrogens is 276 g/mol. The predicted molar refractivity (Wildman–Crippen MR) is 81.3 cm³/mol. The van der Waals surface area contributed by atoms with Gasteiger partial charge in [-0.3, -0.25) is 4.79 Å². The molecule has 0 bridgehead atoms. The smallest absolute Gasteiger partial charge is 0.255 e. The van der Waals surface area contributed by atoms with Crippen LogP contribution in [0.4, 0.5) is 5.69 Å². The van der Waals surface area contributed by atoms with Crippen molar-refractivity contribution in [2.75, 3.05) is 5.32 Å². The summed E-state index contributed by atoms with van der Waals surface area (Å²) < 4.78 is 1.06. The van der Waals surface area contributed by atoms with Crippen LogP contribution in [0.3, 0.4) is 0 Å². The molecule has 5 heteroatoms. The van der Waals surface area contributed by atoms with Crippen molar-refractivity contribution >= 4 is 45.8 Å². The summed E-state index contributed by atoms with van der Waals surface area (Å²) in [6.07, 6.45) is 0. The molecular formula is C14H10N2OS2. The number of nitrogens with one attached hydrogen (secondary N) is 1. The van der Waals surface area contributed by atoms with Gasteiger partial charge in [-0.05, 0) is 36.4 Å². The molecule has 1 amide bonds. The van der Waals surface area contributed by atoms with Crippen molar-refractivity contribution in [3.8, 4) is 0 Å². The van der Waals surface area contributed by atoms with Crippen molar-refractivity contribution < 1.29 is 4.79 Å². The number of hydrogen-bond donors (Lipinski definition) is 2. The third-order valence-electron chi connectivity index (χ3n) is 2.70. The molecule has 0 radical (unpaired) electrons. The van der Waals surface area contributed by atoms with Crippen LogP contribution < -0.4 is 5.32 Å². The van der Waals surface area contributed by atoms with Crippen LogP contribution >= 0.6 is 24.0 Å². The highest BCUT2D eigenvalue weighted by atomic mass is 32.1. The SMILES string of the molecule is O=C(Nc1ccc2ncsc2c1)c1cccc(S)c1. The Morgan fingerprint density at radius 1 is 1.21 bits per heavy atom. The van der Waals surface area contributed by atoms with E-state index < -0.39 is 0 Å². The average molecular weight is 286 g/mol. The Morgan fingerprint density at radius 3 is 2.95 bits per heavy atom. The summed E-state index contributed by atoms with van der Waals surface area (Å²) in [5, 5.41) is 2.87. The molecule has 1 N–H and O–H groups in total. The van der Waals surface area contributed by atoms with Crippen molar-refractivity contribution in [2.45, 2.75) is 4.90 Å². The number of benzene rings is 2. The van der Waals surface area contributed by atoms with Gasteiger partial charge in [0.1, 0.15) is 0 Å². The minimum atomic E-state index is -0.139. The van der Waals surface area contributed by atoms with Gasteiger partial charge in [0.25, 0.3) is 5.91 Å². The van der Waals surface area contributed by atoms with Gasteiger partial charge in [-0.2, -0.15) is 0 Å². The number of nitrogens with zero attached hydrogens (tertiary/aromatic N) is 1. The molecule has 0 saturated heterocycles. The highest BCUT2D eigenvalue weighted by Crippen LogP contribution is 2.22. The number of aromatic nitrogens is 1. The Hall–Kier alpha value is -1.85. The average Bonchev–Trinajstić information content (AvgIpc) is 2.86. The van der Waals surface area contributed by atoms with Crippen LogP contribution in [0.2, 0.25) is 0 Å². The Balaban J connectivity index is 1.86. The Labute approximate surface area is 119 Å². The van der Waals surface area contributed by atoms with Crippen molar-refractivity contribution in [1.29, 1.82) is 0 Å². The molecule has 0 aliphatic heterocycles. The van der Waals surface area contributed by atoms with E-state index in [-0.39, 0.29) is 5.91 Å². The number of amides is 1. The highest BCUT2D eigenvalue weighted by molar-refractivity contribution is 7.80. The topological polar surface area (TPSA) is 42.0 Å². The number of carbonyl (C=O) groups is 1. The molecule has 1 heterocycles. The lowest BCUT2D eigenvalue weighted by Crippen LogP contribution is -2.11. The molecule has 3 aromatic rings. The Bertz CT molecular complexity index is 752. The van der Waals surface area contributed by atoms with Crippen LogP contribution in [-0.4, -0.2) is 10.9 Å². The molecule has 3 rings (SSSR count). The van der Waals surface area contributed by atoms with Gasteiger partial charge >= 0.3 is 0 Å². The van der Waals surface area contributed by atoms with E-state index in [4.69, 9.17) is 0 Å². The summed E-state index contributed by atoms with van der Waals surface area (Å²) in [6.45, 7) is 0. The second kappa shape index (κ2) is 5.03. The summed E-state index contributed by atoms with van der Waals surface area (Å²) >= 11 is 5.78. The van der Waals surface area contributed by atoms with Crippen LogP contribution in [0.1, 0.15) is 10.4 Å². The molecule has 2 aromatic carbocycles. The van der Waals surface area contributed by atoms with Gasteiger partial charge < -0.3 is 5.32 Å². The van der Waals surface area contributed by atoms with Crippen LogP contribution in [0.5, 0.6) is 0 Å². The maximum absolute atomic E-state index is 12.1. The summed E-state index contributed by atoms with van der Waals surface area (Å²) in [5.74, 6) is -0.139. The second-order valence-corrected chi connectivity index (χ2v) is 5.44. The molecule has 94 valence electrons. The van der Waals surface area contributed by atoms with E-state index in [1.807, 2.05) is 30.3 Å². The van der Waals surface area contributed by atoms with Gasteiger partial charge in [0.2, 0.25) is 0 Å². The Morgan fingerprint density at radius 2 is 2.11 bits per heavy atom. The first-order chi connectivity index (χ1) is 9.22. The van der Waals surface area contributed by atoms with E-state index in [1.165, 1.54) is 0 Å². The maximum Gasteiger partial charge on any atom is 0.255 e. The van der Waals surface area contributed by atoms with Crippen molar-refractivity contribution in [3.63, 3.8) is 0 Å². The molecule has 0 aliphatic carbocycles. The fraction of sp³-hybridized carbons (Fsp3) is 0. The number of anilines is 1. The molecule has 0 aliphatic rings. The summed E-state index contributed by atoms with van der Waals surface area (Å²) in [5.41, 5.74) is 4.10. The van der Waals surface area contributed by atoms with Crippen molar-refractivity contribution in [2.24, 2.45) is 0 Å². The number of thiazole rings is 1. The molecule has 0 spiro atoms. The molecule has 0 saturated carbocycles. The number of carbonyl (C=O) groups excluding carboxylic acids is 1. The fourth-order valence-electron chi connectivity index (χ4n) is 1.78. The lowest BCUT2D eigenvalue weighted by Gasteiger charge is -2.05. The monoisotopic (exact) mass is 286 g/mol. The van der Waals surface area contributed by atoms with Crippen molar-refractivity contribution in [3.05, 3.63) is 53.5 Å². The molecule has 1 aromatic heterocycles. The van der Waals surface area contributed by atoms with Gasteiger partial charge in [-0.15, -0.1) is 24.0 Å². The van der Waals surface area contributed by atoms with Crippen LogP contribution in [0, 0.1) is 0 Å². The van der Waals surface area contributed by atoms with E-state index in [0.29, 0.717) is 5.56 Å². The number of rotatable bonds is 2. The van der Waals surface area contributed by atoms with E-state index >= 15 is 0 Å². The van der Waals surface area contributed by atoms with Gasteiger partial charge in [0, 0.05) is 16.1 Å². The second-order valence-electron chi connectivity index (χ2n) is 4.04. The highest BCUT2D eigenvalue weighted by Gasteiger charge is 2.07. The zero-order chi connectivity index (χ0) is 13.2. The van der Waals surface area contributed by atoms with E-state index in [1.54, 1.807) is 29.0 Å². The van der Waals surface area contributed by atoms with E-state index in [9.17, 15) is 4.79 Å². The largest absolute Gasteiger partial charge is 0.322 e. The third-order valence-corrected chi connectivity index (χ3v) is 3.77.